The number of hydrogen-bond donors (Lipinski definition) is 1. The number of methoxy groups -OCH3 is 1. The average Bonchev–Trinajstić information content (AvgIpc) is 2.38. The van der Waals surface area contributed by atoms with E-state index in [4.69, 9.17) is 19.9 Å². The fourth-order valence-corrected chi connectivity index (χ4v) is 1.25. The summed E-state index contributed by atoms with van der Waals surface area (Å²) in [5.74, 6) is -0.0252. The quantitative estimate of drug-likeness (QED) is 0.496. The lowest BCUT2D eigenvalue weighted by Crippen LogP contribution is -2.32. The van der Waals surface area contributed by atoms with Crippen LogP contribution in [0, 0.1) is 0 Å². The number of carbonyl (C=O) groups is 1. The molecular weight excluding hydrogens is 236 g/mol. The predicted molar refractivity (Wildman–Crippen MR) is 69.4 cm³/mol. The van der Waals surface area contributed by atoms with E-state index >= 15 is 0 Å². The molecular formula is C12H26N2O4. The van der Waals surface area contributed by atoms with Crippen LogP contribution in [0.1, 0.15) is 12.8 Å². The van der Waals surface area contributed by atoms with Gasteiger partial charge < -0.3 is 24.8 Å². The van der Waals surface area contributed by atoms with Gasteiger partial charge in [0, 0.05) is 33.9 Å². The summed E-state index contributed by atoms with van der Waals surface area (Å²) in [6.07, 6.45) is 1.68. The second kappa shape index (κ2) is 12.8. The van der Waals surface area contributed by atoms with Crippen molar-refractivity contribution < 1.29 is 19.0 Å². The molecule has 0 saturated carbocycles. The molecule has 0 saturated heterocycles. The van der Waals surface area contributed by atoms with Gasteiger partial charge in [-0.15, -0.1) is 0 Å². The number of likely N-dealkylation sites (N-methyl/N-ethyl adjacent to an activating group) is 1. The van der Waals surface area contributed by atoms with Crippen LogP contribution in [0.4, 0.5) is 0 Å². The molecule has 0 aliphatic rings. The van der Waals surface area contributed by atoms with E-state index in [0.717, 1.165) is 12.8 Å². The van der Waals surface area contributed by atoms with Crippen molar-refractivity contribution in [2.24, 2.45) is 5.73 Å². The molecule has 0 unspecified atom stereocenters. The van der Waals surface area contributed by atoms with E-state index < -0.39 is 0 Å². The Kier molecular flexibility index (Phi) is 12.3. The molecule has 2 N–H and O–H groups in total. The molecule has 0 spiro atoms. The van der Waals surface area contributed by atoms with Gasteiger partial charge in [0.05, 0.1) is 13.2 Å². The summed E-state index contributed by atoms with van der Waals surface area (Å²) in [4.78, 5) is 13.2. The van der Waals surface area contributed by atoms with Crippen molar-refractivity contribution in [1.29, 1.82) is 0 Å². The van der Waals surface area contributed by atoms with E-state index in [9.17, 15) is 4.79 Å². The fraction of sp³-hybridized carbons (Fsp3) is 0.917. The second-order valence-corrected chi connectivity index (χ2v) is 3.97. The summed E-state index contributed by atoms with van der Waals surface area (Å²) in [6, 6.07) is 0. The van der Waals surface area contributed by atoms with Gasteiger partial charge in [-0.2, -0.15) is 0 Å². The van der Waals surface area contributed by atoms with Crippen molar-refractivity contribution in [3.05, 3.63) is 0 Å². The lowest BCUT2D eigenvalue weighted by molar-refractivity contribution is -0.135. The van der Waals surface area contributed by atoms with Crippen molar-refractivity contribution in [1.82, 2.24) is 4.90 Å². The van der Waals surface area contributed by atoms with Crippen molar-refractivity contribution in [3.63, 3.8) is 0 Å². The maximum absolute atomic E-state index is 11.5. The van der Waals surface area contributed by atoms with Crippen LogP contribution in [0.5, 0.6) is 0 Å². The van der Waals surface area contributed by atoms with Gasteiger partial charge in [0.15, 0.2) is 0 Å². The minimum absolute atomic E-state index is 0.0252. The number of ether oxygens (including phenoxy) is 3. The van der Waals surface area contributed by atoms with E-state index in [1.54, 1.807) is 19.1 Å². The largest absolute Gasteiger partial charge is 0.385 e. The molecule has 0 atom stereocenters. The maximum Gasteiger partial charge on any atom is 0.248 e. The normalized spacial score (nSPS) is 10.6. The molecule has 1 amide bonds. The van der Waals surface area contributed by atoms with Gasteiger partial charge in [0.1, 0.15) is 6.61 Å². The molecule has 0 aromatic rings. The molecule has 0 aliphatic heterocycles. The van der Waals surface area contributed by atoms with Crippen LogP contribution in [0.25, 0.3) is 0 Å². The topological polar surface area (TPSA) is 74.0 Å². The van der Waals surface area contributed by atoms with Gasteiger partial charge in [-0.05, 0) is 19.4 Å². The van der Waals surface area contributed by atoms with Gasteiger partial charge in [-0.3, -0.25) is 4.79 Å². The molecule has 6 heteroatoms. The minimum atomic E-state index is -0.0252. The van der Waals surface area contributed by atoms with Crippen LogP contribution in [0.2, 0.25) is 0 Å². The third-order valence-electron chi connectivity index (χ3n) is 2.36. The molecule has 18 heavy (non-hydrogen) atoms. The smallest absolute Gasteiger partial charge is 0.248 e. The number of nitrogens with zero attached hydrogens (tertiary/aromatic N) is 1. The Hall–Kier alpha value is -0.690. The SMILES string of the molecule is COCCCOCCOCC(=O)N(C)CCCN. The minimum Gasteiger partial charge on any atom is -0.385 e. The first-order valence-electron chi connectivity index (χ1n) is 6.30. The van der Waals surface area contributed by atoms with Gasteiger partial charge in [0.2, 0.25) is 5.91 Å². The lowest BCUT2D eigenvalue weighted by atomic mass is 10.4. The molecule has 0 aliphatic carbocycles. The summed E-state index contributed by atoms with van der Waals surface area (Å²) in [5, 5.41) is 0. The van der Waals surface area contributed by atoms with Crippen molar-refractivity contribution >= 4 is 5.91 Å². The predicted octanol–water partition coefficient (Wildman–Crippen LogP) is -0.137. The standard InChI is InChI=1S/C12H26N2O4/c1-14(6-3-5-13)12(15)11-18-10-9-17-8-4-7-16-2/h3-11,13H2,1-2H3. The molecule has 0 aromatic carbocycles. The van der Waals surface area contributed by atoms with Crippen molar-refractivity contribution in [3.8, 4) is 0 Å². The van der Waals surface area contributed by atoms with Gasteiger partial charge in [-0.1, -0.05) is 0 Å². The highest BCUT2D eigenvalue weighted by Crippen LogP contribution is 1.90. The van der Waals surface area contributed by atoms with Crippen molar-refractivity contribution in [2.75, 3.05) is 60.3 Å². The van der Waals surface area contributed by atoms with Crippen LogP contribution < -0.4 is 5.73 Å². The van der Waals surface area contributed by atoms with Crippen LogP contribution >= 0.6 is 0 Å². The van der Waals surface area contributed by atoms with Crippen LogP contribution in [-0.4, -0.2) is 71.1 Å². The summed E-state index contributed by atoms with van der Waals surface area (Å²) in [5.41, 5.74) is 5.37. The molecule has 108 valence electrons. The molecule has 0 radical (unpaired) electrons. The Morgan fingerprint density at radius 1 is 1.11 bits per heavy atom. The van der Waals surface area contributed by atoms with Gasteiger partial charge in [-0.25, -0.2) is 0 Å². The first kappa shape index (κ1) is 17.3. The number of nitrogens with two attached hydrogens (primary N) is 1. The fourth-order valence-electron chi connectivity index (χ4n) is 1.25. The third-order valence-corrected chi connectivity index (χ3v) is 2.36. The van der Waals surface area contributed by atoms with E-state index in [-0.39, 0.29) is 12.5 Å². The molecule has 0 heterocycles. The number of carbonyl (C=O) groups excluding carboxylic acids is 1. The highest BCUT2D eigenvalue weighted by molar-refractivity contribution is 5.77. The Bertz CT molecular complexity index is 203. The van der Waals surface area contributed by atoms with E-state index in [0.29, 0.717) is 39.5 Å². The zero-order valence-electron chi connectivity index (χ0n) is 11.5. The Balaban J connectivity index is 3.29. The number of rotatable bonds is 12. The Morgan fingerprint density at radius 2 is 1.83 bits per heavy atom. The van der Waals surface area contributed by atoms with E-state index in [1.165, 1.54) is 0 Å². The first-order valence-corrected chi connectivity index (χ1v) is 6.30. The highest BCUT2D eigenvalue weighted by Gasteiger charge is 2.07. The second-order valence-electron chi connectivity index (χ2n) is 3.97. The monoisotopic (exact) mass is 262 g/mol. The molecule has 0 fully saturated rings. The summed E-state index contributed by atoms with van der Waals surface area (Å²) < 4.78 is 15.4. The maximum atomic E-state index is 11.5. The van der Waals surface area contributed by atoms with Crippen molar-refractivity contribution in [2.45, 2.75) is 12.8 Å². The van der Waals surface area contributed by atoms with Crippen LogP contribution in [-0.2, 0) is 19.0 Å². The molecule has 0 rings (SSSR count). The zero-order valence-corrected chi connectivity index (χ0v) is 11.5. The van der Waals surface area contributed by atoms with Gasteiger partial charge in [0.25, 0.3) is 0 Å². The molecule has 6 nitrogen and oxygen atoms in total. The molecule has 0 bridgehead atoms. The number of amides is 1. The molecule has 0 aromatic heterocycles. The van der Waals surface area contributed by atoms with E-state index in [2.05, 4.69) is 0 Å². The summed E-state index contributed by atoms with van der Waals surface area (Å²) in [7, 11) is 3.42. The highest BCUT2D eigenvalue weighted by atomic mass is 16.5. The average molecular weight is 262 g/mol. The summed E-state index contributed by atoms with van der Waals surface area (Å²) >= 11 is 0. The Morgan fingerprint density at radius 3 is 2.50 bits per heavy atom. The lowest BCUT2D eigenvalue weighted by Gasteiger charge is -2.16. The first-order chi connectivity index (χ1) is 8.72. The Labute approximate surface area is 109 Å². The summed E-state index contributed by atoms with van der Waals surface area (Å²) in [6.45, 7) is 3.66. The third kappa shape index (κ3) is 10.5. The van der Waals surface area contributed by atoms with Gasteiger partial charge >= 0.3 is 0 Å². The zero-order chi connectivity index (χ0) is 13.6. The number of hydrogen-bond acceptors (Lipinski definition) is 5. The van der Waals surface area contributed by atoms with E-state index in [1.807, 2.05) is 0 Å². The van der Waals surface area contributed by atoms with Crippen LogP contribution in [0.15, 0.2) is 0 Å². The van der Waals surface area contributed by atoms with Crippen LogP contribution in [0.3, 0.4) is 0 Å².